The minimum absolute atomic E-state index is 0.834. The third-order valence-electron chi connectivity index (χ3n) is 1.11. The Bertz CT molecular complexity index is 181. The minimum atomic E-state index is 0.834. The number of rotatable bonds is 1. The number of hydrogen-bond acceptors (Lipinski definition) is 1. The Morgan fingerprint density at radius 2 is 1.78 bits per heavy atom. The fourth-order valence-electron chi connectivity index (χ4n) is 0.590. The van der Waals surface area contributed by atoms with Crippen LogP contribution in [0.4, 0.5) is 0 Å². The molecule has 2 heteroatoms. The topological polar surface area (TPSA) is 9.23 Å². The first-order valence-electron chi connectivity index (χ1n) is 2.68. The Hall–Kier alpha value is -0.500. The van der Waals surface area contributed by atoms with Gasteiger partial charge in [0.25, 0.3) is 0 Å². The van der Waals surface area contributed by atoms with Gasteiger partial charge in [0, 0.05) is 0 Å². The normalized spacial score (nSPS) is 9.11. The molecule has 0 bridgehead atoms. The molecule has 0 radical (unpaired) electrons. The first-order chi connectivity index (χ1) is 4.33. The molecule has 0 spiro atoms. The number of aryl methyl sites for hydroxylation is 1. The van der Waals surface area contributed by atoms with E-state index in [-0.39, 0.29) is 0 Å². The zero-order valence-electron chi connectivity index (χ0n) is 5.10. The molecule has 0 aliphatic rings. The molecular weight excluding hydrogens is 180 g/mol. The summed E-state index contributed by atoms with van der Waals surface area (Å²) in [5.74, 6) is 0.834. The Balaban J connectivity index is 2.88. The van der Waals surface area contributed by atoms with Crippen LogP contribution in [0.1, 0.15) is 5.56 Å². The van der Waals surface area contributed by atoms with E-state index in [1.54, 1.807) is 0 Å². The minimum Gasteiger partial charge on any atom is -0.418 e. The van der Waals surface area contributed by atoms with Crippen molar-refractivity contribution < 1.29 is 3.83 Å². The summed E-state index contributed by atoms with van der Waals surface area (Å²) in [6, 6.07) is 7.81. The molecule has 1 aromatic carbocycles. The van der Waals surface area contributed by atoms with Gasteiger partial charge in [0.05, 0.1) is 0 Å². The average Bonchev–Trinajstić information content (AvgIpc) is 1.90. The largest absolute Gasteiger partial charge is 0.418 e. The fraction of sp³-hybridized carbons (Fsp3) is 0.143. The molecule has 1 nitrogen and oxygen atoms in total. The Labute approximate surface area is 63.1 Å². The second-order valence-corrected chi connectivity index (χ2v) is 2.21. The molecule has 0 heterocycles. The predicted octanol–water partition coefficient (Wildman–Crippen LogP) is 2.68. The van der Waals surface area contributed by atoms with Crippen molar-refractivity contribution in [2.24, 2.45) is 0 Å². The summed E-state index contributed by atoms with van der Waals surface area (Å²) in [5, 5.41) is 0. The van der Waals surface area contributed by atoms with Crippen LogP contribution in [0.2, 0.25) is 0 Å². The van der Waals surface area contributed by atoms with E-state index in [4.69, 9.17) is 3.83 Å². The number of benzene rings is 1. The van der Waals surface area contributed by atoms with Crippen molar-refractivity contribution in [1.82, 2.24) is 0 Å². The van der Waals surface area contributed by atoms with Gasteiger partial charge in [-0.3, -0.25) is 0 Å². The maximum atomic E-state index is 4.78. The van der Waals surface area contributed by atoms with Crippen LogP contribution < -0.4 is 3.83 Å². The van der Waals surface area contributed by atoms with Crippen LogP contribution in [0, 0.1) is 6.92 Å². The highest BCUT2D eigenvalue weighted by molar-refractivity contribution is 9.06. The smallest absolute Gasteiger partial charge is 0.179 e. The monoisotopic (exact) mass is 186 g/mol. The summed E-state index contributed by atoms with van der Waals surface area (Å²) in [6.45, 7) is 2.04. The van der Waals surface area contributed by atoms with Crippen LogP contribution in [-0.2, 0) is 0 Å². The van der Waals surface area contributed by atoms with E-state index in [9.17, 15) is 0 Å². The van der Waals surface area contributed by atoms with Crippen molar-refractivity contribution in [3.8, 4) is 5.75 Å². The number of halogens is 1. The second-order valence-electron chi connectivity index (χ2n) is 1.89. The molecule has 0 fully saturated rings. The van der Waals surface area contributed by atoms with Gasteiger partial charge in [-0.25, -0.2) is 0 Å². The zero-order chi connectivity index (χ0) is 6.69. The van der Waals surface area contributed by atoms with E-state index in [0.717, 1.165) is 5.75 Å². The highest BCUT2D eigenvalue weighted by Gasteiger charge is 1.87. The van der Waals surface area contributed by atoms with Gasteiger partial charge in [-0.05, 0) is 19.1 Å². The Morgan fingerprint density at radius 3 is 2.22 bits per heavy atom. The SMILES string of the molecule is Cc1ccc(OBr)cc1. The maximum Gasteiger partial charge on any atom is 0.179 e. The average molecular weight is 187 g/mol. The van der Waals surface area contributed by atoms with Crippen LogP contribution >= 0.6 is 16.3 Å². The summed E-state index contributed by atoms with van der Waals surface area (Å²) in [7, 11) is 0. The van der Waals surface area contributed by atoms with Crippen molar-refractivity contribution in [3.05, 3.63) is 29.8 Å². The van der Waals surface area contributed by atoms with Gasteiger partial charge in [-0.2, -0.15) is 0 Å². The van der Waals surface area contributed by atoms with Crippen molar-refractivity contribution >= 4 is 16.3 Å². The van der Waals surface area contributed by atoms with Crippen LogP contribution in [0.5, 0.6) is 5.75 Å². The molecule has 0 amide bonds. The van der Waals surface area contributed by atoms with E-state index in [0.29, 0.717) is 0 Å². The van der Waals surface area contributed by atoms with Crippen LogP contribution in [0.15, 0.2) is 24.3 Å². The summed E-state index contributed by atoms with van der Waals surface area (Å²) in [6.07, 6.45) is 0. The van der Waals surface area contributed by atoms with Gasteiger partial charge in [-0.15, -0.1) is 0 Å². The van der Waals surface area contributed by atoms with Crippen LogP contribution in [0.25, 0.3) is 0 Å². The maximum absolute atomic E-state index is 4.78. The number of hydrogen-bond donors (Lipinski definition) is 0. The van der Waals surface area contributed by atoms with Crippen molar-refractivity contribution in [2.45, 2.75) is 6.92 Å². The lowest BCUT2D eigenvalue weighted by molar-refractivity contribution is 0.678. The summed E-state index contributed by atoms with van der Waals surface area (Å²) in [4.78, 5) is 0. The Morgan fingerprint density at radius 1 is 1.22 bits per heavy atom. The molecule has 0 saturated heterocycles. The summed E-state index contributed by atoms with van der Waals surface area (Å²) in [5.41, 5.74) is 1.24. The molecule has 0 saturated carbocycles. The lowest BCUT2D eigenvalue weighted by atomic mass is 10.2. The first kappa shape index (κ1) is 6.62. The third-order valence-corrected chi connectivity index (χ3v) is 1.48. The van der Waals surface area contributed by atoms with Crippen LogP contribution in [0.3, 0.4) is 0 Å². The van der Waals surface area contributed by atoms with Crippen molar-refractivity contribution in [3.63, 3.8) is 0 Å². The van der Waals surface area contributed by atoms with Gasteiger partial charge >= 0.3 is 0 Å². The molecule has 1 rings (SSSR count). The second kappa shape index (κ2) is 2.87. The molecule has 48 valence electrons. The lowest BCUT2D eigenvalue weighted by Gasteiger charge is -1.94. The van der Waals surface area contributed by atoms with Crippen LogP contribution in [-0.4, -0.2) is 0 Å². The molecule has 0 atom stereocenters. The van der Waals surface area contributed by atoms with Gasteiger partial charge in [0.15, 0.2) is 16.3 Å². The fourth-order valence-corrected chi connectivity index (χ4v) is 0.806. The lowest BCUT2D eigenvalue weighted by Crippen LogP contribution is -1.73. The summed E-state index contributed by atoms with van der Waals surface area (Å²) >= 11 is 2.88. The van der Waals surface area contributed by atoms with E-state index in [1.165, 1.54) is 5.56 Å². The standard InChI is InChI=1S/C7H7BrO/c1-6-2-4-7(9-8)5-3-6/h2-5H,1H3. The zero-order valence-corrected chi connectivity index (χ0v) is 6.68. The van der Waals surface area contributed by atoms with Gasteiger partial charge in [-0.1, -0.05) is 17.7 Å². The molecular formula is C7H7BrO. The molecule has 0 aliphatic carbocycles. The molecule has 0 N–H and O–H groups in total. The highest BCUT2D eigenvalue weighted by atomic mass is 79.9. The molecule has 1 aromatic rings. The van der Waals surface area contributed by atoms with Crippen molar-refractivity contribution in [1.29, 1.82) is 0 Å². The van der Waals surface area contributed by atoms with Gasteiger partial charge < -0.3 is 3.83 Å². The molecule has 9 heavy (non-hydrogen) atoms. The highest BCUT2D eigenvalue weighted by Crippen LogP contribution is 2.12. The van der Waals surface area contributed by atoms with E-state index in [1.807, 2.05) is 31.2 Å². The first-order valence-corrected chi connectivity index (χ1v) is 3.33. The molecule has 0 unspecified atom stereocenters. The molecule has 0 aliphatic heterocycles. The molecule has 0 aromatic heterocycles. The van der Waals surface area contributed by atoms with Crippen molar-refractivity contribution in [2.75, 3.05) is 0 Å². The predicted molar refractivity (Wildman–Crippen MR) is 40.7 cm³/mol. The van der Waals surface area contributed by atoms with E-state index in [2.05, 4.69) is 16.3 Å². The van der Waals surface area contributed by atoms with E-state index < -0.39 is 0 Å². The third kappa shape index (κ3) is 1.72. The Kier molecular flexibility index (Phi) is 2.11. The van der Waals surface area contributed by atoms with E-state index >= 15 is 0 Å². The van der Waals surface area contributed by atoms with Gasteiger partial charge in [0.1, 0.15) is 5.75 Å². The summed E-state index contributed by atoms with van der Waals surface area (Å²) < 4.78 is 4.78. The van der Waals surface area contributed by atoms with Gasteiger partial charge in [0.2, 0.25) is 0 Å². The quantitative estimate of drug-likeness (QED) is 0.656.